The fraction of sp³-hybridized carbons (Fsp3) is 0.462. The van der Waals surface area contributed by atoms with Crippen molar-refractivity contribution in [1.82, 2.24) is 9.55 Å². The standard InChI is InChI=1S/C13H18N2/c1-5-13(3)8-6-11-12(7-9-13)15(4)10(2)14-11/h6-9H,5H2,1-4H3. The average Bonchev–Trinajstić information content (AvgIpc) is 2.40. The van der Waals surface area contributed by atoms with Gasteiger partial charge in [0, 0.05) is 12.5 Å². The predicted octanol–water partition coefficient (Wildman–Crippen LogP) is 3.18. The van der Waals surface area contributed by atoms with Crippen molar-refractivity contribution >= 4 is 12.2 Å². The summed E-state index contributed by atoms with van der Waals surface area (Å²) in [5.41, 5.74) is 2.47. The van der Waals surface area contributed by atoms with Gasteiger partial charge in [0.05, 0.1) is 11.4 Å². The van der Waals surface area contributed by atoms with E-state index in [4.69, 9.17) is 0 Å². The van der Waals surface area contributed by atoms with Crippen LogP contribution in [0.1, 0.15) is 37.5 Å². The Bertz CT molecular complexity index is 438. The molecule has 15 heavy (non-hydrogen) atoms. The molecule has 0 amide bonds. The van der Waals surface area contributed by atoms with Crippen LogP contribution in [0, 0.1) is 12.3 Å². The fourth-order valence-corrected chi connectivity index (χ4v) is 1.80. The van der Waals surface area contributed by atoms with Crippen LogP contribution in [0.3, 0.4) is 0 Å². The van der Waals surface area contributed by atoms with Crippen molar-refractivity contribution in [2.24, 2.45) is 12.5 Å². The minimum absolute atomic E-state index is 0.175. The Morgan fingerprint density at radius 2 is 2.00 bits per heavy atom. The monoisotopic (exact) mass is 202 g/mol. The SMILES string of the molecule is CCC1(C)C=Cc2nc(C)n(C)c2C=C1. The van der Waals surface area contributed by atoms with Crippen LogP contribution in [-0.4, -0.2) is 9.55 Å². The molecule has 2 heteroatoms. The average molecular weight is 202 g/mol. The second-order valence-electron chi connectivity index (χ2n) is 4.51. The number of rotatable bonds is 1. The molecule has 2 rings (SSSR count). The number of aryl methyl sites for hydroxylation is 1. The highest BCUT2D eigenvalue weighted by atomic mass is 15.1. The van der Waals surface area contributed by atoms with Crippen LogP contribution in [0.2, 0.25) is 0 Å². The van der Waals surface area contributed by atoms with Gasteiger partial charge in [0.1, 0.15) is 5.82 Å². The summed E-state index contributed by atoms with van der Waals surface area (Å²) in [6.45, 7) is 6.50. The molecule has 1 atom stereocenters. The molecule has 0 aromatic carbocycles. The number of aromatic nitrogens is 2. The van der Waals surface area contributed by atoms with Gasteiger partial charge in [-0.2, -0.15) is 0 Å². The highest BCUT2D eigenvalue weighted by Crippen LogP contribution is 2.30. The van der Waals surface area contributed by atoms with Crippen molar-refractivity contribution in [2.45, 2.75) is 27.2 Å². The van der Waals surface area contributed by atoms with Crippen molar-refractivity contribution in [3.8, 4) is 0 Å². The largest absolute Gasteiger partial charge is 0.331 e. The van der Waals surface area contributed by atoms with Gasteiger partial charge in [0.2, 0.25) is 0 Å². The van der Waals surface area contributed by atoms with Crippen LogP contribution >= 0.6 is 0 Å². The molecule has 80 valence electrons. The third kappa shape index (κ3) is 1.65. The highest BCUT2D eigenvalue weighted by Gasteiger charge is 2.18. The Balaban J connectivity index is 2.51. The van der Waals surface area contributed by atoms with Crippen molar-refractivity contribution in [2.75, 3.05) is 0 Å². The van der Waals surface area contributed by atoms with E-state index in [0.29, 0.717) is 0 Å². The Labute approximate surface area is 91.3 Å². The summed E-state index contributed by atoms with van der Waals surface area (Å²) >= 11 is 0. The number of hydrogen-bond donors (Lipinski definition) is 0. The van der Waals surface area contributed by atoms with Gasteiger partial charge < -0.3 is 4.57 Å². The second-order valence-corrected chi connectivity index (χ2v) is 4.51. The molecular weight excluding hydrogens is 184 g/mol. The maximum absolute atomic E-state index is 4.54. The van der Waals surface area contributed by atoms with Crippen molar-refractivity contribution in [3.05, 3.63) is 29.4 Å². The Kier molecular flexibility index (Phi) is 2.29. The van der Waals surface area contributed by atoms with E-state index in [1.165, 1.54) is 5.69 Å². The molecule has 1 aliphatic carbocycles. The minimum Gasteiger partial charge on any atom is -0.331 e. The van der Waals surface area contributed by atoms with E-state index in [2.05, 4.69) is 54.8 Å². The lowest BCUT2D eigenvalue weighted by Crippen LogP contribution is -2.06. The lowest BCUT2D eigenvalue weighted by atomic mass is 9.87. The fourth-order valence-electron chi connectivity index (χ4n) is 1.80. The summed E-state index contributed by atoms with van der Waals surface area (Å²) in [6.07, 6.45) is 9.98. The molecule has 1 aromatic heterocycles. The molecule has 0 saturated carbocycles. The lowest BCUT2D eigenvalue weighted by molar-refractivity contribution is 0.536. The topological polar surface area (TPSA) is 17.8 Å². The van der Waals surface area contributed by atoms with Crippen LogP contribution in [0.4, 0.5) is 0 Å². The smallest absolute Gasteiger partial charge is 0.106 e. The normalized spacial score (nSPS) is 24.0. The molecule has 2 nitrogen and oxygen atoms in total. The van der Waals surface area contributed by atoms with E-state index < -0.39 is 0 Å². The number of nitrogens with zero attached hydrogens (tertiary/aromatic N) is 2. The molecule has 0 fully saturated rings. The quantitative estimate of drug-likeness (QED) is 0.684. The van der Waals surface area contributed by atoms with Crippen LogP contribution in [-0.2, 0) is 7.05 Å². The molecule has 1 aliphatic rings. The third-order valence-electron chi connectivity index (χ3n) is 3.40. The first-order valence-electron chi connectivity index (χ1n) is 5.47. The molecule has 0 N–H and O–H groups in total. The summed E-state index contributed by atoms with van der Waals surface area (Å²) in [4.78, 5) is 4.54. The zero-order valence-corrected chi connectivity index (χ0v) is 9.91. The molecule has 0 bridgehead atoms. The zero-order chi connectivity index (χ0) is 11.1. The van der Waals surface area contributed by atoms with Gasteiger partial charge in [-0.25, -0.2) is 4.98 Å². The van der Waals surface area contributed by atoms with E-state index in [-0.39, 0.29) is 5.41 Å². The van der Waals surface area contributed by atoms with Crippen molar-refractivity contribution < 1.29 is 0 Å². The first-order valence-corrected chi connectivity index (χ1v) is 5.47. The van der Waals surface area contributed by atoms with Gasteiger partial charge in [-0.15, -0.1) is 0 Å². The summed E-state index contributed by atoms with van der Waals surface area (Å²) in [5.74, 6) is 1.06. The summed E-state index contributed by atoms with van der Waals surface area (Å²) < 4.78 is 2.14. The van der Waals surface area contributed by atoms with Gasteiger partial charge in [-0.05, 0) is 25.5 Å². The van der Waals surface area contributed by atoms with E-state index in [9.17, 15) is 0 Å². The van der Waals surface area contributed by atoms with Crippen LogP contribution in [0.15, 0.2) is 12.2 Å². The predicted molar refractivity (Wildman–Crippen MR) is 64.4 cm³/mol. The van der Waals surface area contributed by atoms with Crippen LogP contribution < -0.4 is 0 Å². The first-order chi connectivity index (χ1) is 7.06. The molecular formula is C13H18N2. The molecule has 0 spiro atoms. The van der Waals surface area contributed by atoms with Crippen LogP contribution in [0.25, 0.3) is 12.2 Å². The molecule has 0 radical (unpaired) electrons. The third-order valence-corrected chi connectivity index (χ3v) is 3.40. The summed E-state index contributed by atoms with van der Waals surface area (Å²) in [6, 6.07) is 0. The van der Waals surface area contributed by atoms with Gasteiger partial charge in [-0.3, -0.25) is 0 Å². The Hall–Kier alpha value is -1.31. The van der Waals surface area contributed by atoms with E-state index in [1.54, 1.807) is 0 Å². The minimum atomic E-state index is 0.175. The number of fused-ring (bicyclic) bond motifs is 1. The van der Waals surface area contributed by atoms with Gasteiger partial charge in [-0.1, -0.05) is 26.0 Å². The number of hydrogen-bond acceptors (Lipinski definition) is 1. The molecule has 1 unspecified atom stereocenters. The Morgan fingerprint density at radius 3 is 2.67 bits per heavy atom. The Morgan fingerprint density at radius 1 is 1.33 bits per heavy atom. The molecule has 1 aromatic rings. The molecule has 0 aliphatic heterocycles. The van der Waals surface area contributed by atoms with E-state index >= 15 is 0 Å². The number of allylic oxidation sites excluding steroid dienone is 2. The van der Waals surface area contributed by atoms with Crippen molar-refractivity contribution in [3.63, 3.8) is 0 Å². The van der Waals surface area contributed by atoms with E-state index in [0.717, 1.165) is 17.9 Å². The van der Waals surface area contributed by atoms with Crippen LogP contribution in [0.5, 0.6) is 0 Å². The maximum atomic E-state index is 4.54. The zero-order valence-electron chi connectivity index (χ0n) is 9.91. The van der Waals surface area contributed by atoms with Crippen molar-refractivity contribution in [1.29, 1.82) is 0 Å². The highest BCUT2D eigenvalue weighted by molar-refractivity contribution is 5.64. The second kappa shape index (κ2) is 3.37. The van der Waals surface area contributed by atoms with E-state index in [1.807, 2.05) is 6.92 Å². The first kappa shape index (κ1) is 10.2. The maximum Gasteiger partial charge on any atom is 0.106 e. The summed E-state index contributed by atoms with van der Waals surface area (Å²) in [7, 11) is 2.06. The van der Waals surface area contributed by atoms with Gasteiger partial charge >= 0.3 is 0 Å². The van der Waals surface area contributed by atoms with Gasteiger partial charge in [0.25, 0.3) is 0 Å². The lowest BCUT2D eigenvalue weighted by Gasteiger charge is -2.17. The summed E-state index contributed by atoms with van der Waals surface area (Å²) in [5, 5.41) is 0. The molecule has 1 heterocycles. The van der Waals surface area contributed by atoms with Gasteiger partial charge in [0.15, 0.2) is 0 Å². The number of imidazole rings is 1. The molecule has 0 saturated heterocycles.